The fraction of sp³-hybridized carbons (Fsp3) is 0.235. The Morgan fingerprint density at radius 1 is 1.35 bits per heavy atom. The molecule has 0 spiro atoms. The van der Waals surface area contributed by atoms with Crippen molar-refractivity contribution in [3.05, 3.63) is 48.3 Å². The lowest BCUT2D eigenvalue weighted by Gasteiger charge is -2.24. The van der Waals surface area contributed by atoms with E-state index in [0.717, 1.165) is 5.69 Å². The van der Waals surface area contributed by atoms with Crippen molar-refractivity contribution in [1.29, 1.82) is 0 Å². The third-order valence-corrected chi connectivity index (χ3v) is 3.84. The Morgan fingerprint density at radius 2 is 2.22 bits per heavy atom. The van der Waals surface area contributed by atoms with Crippen LogP contribution in [0.2, 0.25) is 0 Å². The SMILES string of the molecule is O=Cc1c(O)cccc1OC[C@@H]1CCC(=O)N1c1cccnc1. The first kappa shape index (κ1) is 15.0. The number of carbonyl (C=O) groups excluding carboxylic acids is 2. The number of hydrogen-bond donors (Lipinski definition) is 1. The molecule has 2 heterocycles. The second-order valence-corrected chi connectivity index (χ2v) is 5.29. The maximum absolute atomic E-state index is 12.1. The van der Waals surface area contributed by atoms with Crippen LogP contribution in [-0.4, -0.2) is 34.9 Å². The minimum absolute atomic E-state index is 0.0260. The van der Waals surface area contributed by atoms with Crippen molar-refractivity contribution in [2.75, 3.05) is 11.5 Å². The number of phenols is 1. The van der Waals surface area contributed by atoms with Crippen LogP contribution in [0.4, 0.5) is 5.69 Å². The molecule has 1 saturated heterocycles. The molecule has 0 aliphatic carbocycles. The van der Waals surface area contributed by atoms with Gasteiger partial charge in [0.05, 0.1) is 23.5 Å². The lowest BCUT2D eigenvalue weighted by atomic mass is 10.2. The van der Waals surface area contributed by atoms with Crippen molar-refractivity contribution < 1.29 is 19.4 Å². The average Bonchev–Trinajstić information content (AvgIpc) is 2.94. The third-order valence-electron chi connectivity index (χ3n) is 3.84. The molecule has 1 atom stereocenters. The molecular weight excluding hydrogens is 296 g/mol. The molecule has 1 aromatic carbocycles. The van der Waals surface area contributed by atoms with Gasteiger partial charge in [0, 0.05) is 12.6 Å². The molecule has 6 nitrogen and oxygen atoms in total. The van der Waals surface area contributed by atoms with E-state index in [2.05, 4.69) is 4.98 Å². The number of anilines is 1. The van der Waals surface area contributed by atoms with Gasteiger partial charge in [-0.2, -0.15) is 0 Å². The Morgan fingerprint density at radius 3 is 2.96 bits per heavy atom. The maximum Gasteiger partial charge on any atom is 0.227 e. The summed E-state index contributed by atoms with van der Waals surface area (Å²) in [7, 11) is 0. The van der Waals surface area contributed by atoms with Crippen LogP contribution < -0.4 is 9.64 Å². The number of pyridine rings is 1. The van der Waals surface area contributed by atoms with E-state index < -0.39 is 0 Å². The molecule has 1 amide bonds. The minimum Gasteiger partial charge on any atom is -0.507 e. The Balaban J connectivity index is 1.76. The lowest BCUT2D eigenvalue weighted by molar-refractivity contribution is -0.117. The topological polar surface area (TPSA) is 79.7 Å². The highest BCUT2D eigenvalue weighted by molar-refractivity contribution is 5.96. The summed E-state index contributed by atoms with van der Waals surface area (Å²) in [5.74, 6) is 0.215. The van der Waals surface area contributed by atoms with Gasteiger partial charge in [0.1, 0.15) is 18.1 Å². The number of aromatic hydroxyl groups is 1. The molecule has 2 aromatic rings. The van der Waals surface area contributed by atoms with Gasteiger partial charge in [0.25, 0.3) is 0 Å². The van der Waals surface area contributed by atoms with Gasteiger partial charge < -0.3 is 14.7 Å². The van der Waals surface area contributed by atoms with Crippen LogP contribution in [0.3, 0.4) is 0 Å². The summed E-state index contributed by atoms with van der Waals surface area (Å²) in [6, 6.07) is 8.13. The first-order valence-electron chi connectivity index (χ1n) is 7.32. The van der Waals surface area contributed by atoms with Crippen LogP contribution in [0, 0.1) is 0 Å². The maximum atomic E-state index is 12.1. The zero-order chi connectivity index (χ0) is 16.2. The van der Waals surface area contributed by atoms with Crippen LogP contribution in [-0.2, 0) is 4.79 Å². The smallest absolute Gasteiger partial charge is 0.227 e. The van der Waals surface area contributed by atoms with Crippen molar-refractivity contribution in [3.8, 4) is 11.5 Å². The highest BCUT2D eigenvalue weighted by Gasteiger charge is 2.32. The predicted molar refractivity (Wildman–Crippen MR) is 83.7 cm³/mol. The molecule has 118 valence electrons. The molecule has 0 saturated carbocycles. The number of aldehydes is 1. The predicted octanol–water partition coefficient (Wildman–Crippen LogP) is 2.17. The van der Waals surface area contributed by atoms with E-state index in [4.69, 9.17) is 4.74 Å². The fourth-order valence-electron chi connectivity index (χ4n) is 2.71. The van der Waals surface area contributed by atoms with Crippen molar-refractivity contribution in [1.82, 2.24) is 4.98 Å². The van der Waals surface area contributed by atoms with Gasteiger partial charge in [-0.1, -0.05) is 6.07 Å². The summed E-state index contributed by atoms with van der Waals surface area (Å²) in [6.07, 6.45) is 4.97. The van der Waals surface area contributed by atoms with Crippen LogP contribution in [0.1, 0.15) is 23.2 Å². The largest absolute Gasteiger partial charge is 0.507 e. The monoisotopic (exact) mass is 312 g/mol. The highest BCUT2D eigenvalue weighted by Crippen LogP contribution is 2.29. The Bertz CT molecular complexity index is 718. The van der Waals surface area contributed by atoms with Crippen molar-refractivity contribution in [3.63, 3.8) is 0 Å². The normalized spacial score (nSPS) is 17.3. The van der Waals surface area contributed by atoms with Gasteiger partial charge in [-0.3, -0.25) is 14.6 Å². The number of ether oxygens (including phenoxy) is 1. The van der Waals surface area contributed by atoms with E-state index in [0.29, 0.717) is 24.9 Å². The number of nitrogens with zero attached hydrogens (tertiary/aromatic N) is 2. The van der Waals surface area contributed by atoms with E-state index in [1.54, 1.807) is 35.5 Å². The molecule has 23 heavy (non-hydrogen) atoms. The van der Waals surface area contributed by atoms with Crippen molar-refractivity contribution >= 4 is 17.9 Å². The average molecular weight is 312 g/mol. The lowest BCUT2D eigenvalue weighted by Crippen LogP contribution is -2.37. The van der Waals surface area contributed by atoms with Gasteiger partial charge in [-0.05, 0) is 30.7 Å². The Kier molecular flexibility index (Phi) is 4.23. The summed E-state index contributed by atoms with van der Waals surface area (Å²) >= 11 is 0. The van der Waals surface area contributed by atoms with E-state index >= 15 is 0 Å². The Hall–Kier alpha value is -2.89. The number of rotatable bonds is 5. The number of phenolic OH excluding ortho intramolecular Hbond substituents is 1. The molecule has 0 bridgehead atoms. The number of aromatic nitrogens is 1. The van der Waals surface area contributed by atoms with Gasteiger partial charge in [0.2, 0.25) is 5.91 Å². The fourth-order valence-corrected chi connectivity index (χ4v) is 2.71. The second-order valence-electron chi connectivity index (χ2n) is 5.29. The molecule has 0 radical (unpaired) electrons. The number of benzene rings is 1. The first-order chi connectivity index (χ1) is 11.2. The van der Waals surface area contributed by atoms with Crippen molar-refractivity contribution in [2.24, 2.45) is 0 Å². The summed E-state index contributed by atoms with van der Waals surface area (Å²) < 4.78 is 5.69. The van der Waals surface area contributed by atoms with E-state index in [1.807, 2.05) is 6.07 Å². The Labute approximate surface area is 133 Å². The number of hydrogen-bond acceptors (Lipinski definition) is 5. The summed E-state index contributed by atoms with van der Waals surface area (Å²) in [5, 5.41) is 9.67. The molecule has 3 rings (SSSR count). The van der Waals surface area contributed by atoms with Crippen LogP contribution >= 0.6 is 0 Å². The third kappa shape index (κ3) is 3.01. The summed E-state index contributed by atoms with van der Waals surface area (Å²) in [6.45, 7) is 0.241. The van der Waals surface area contributed by atoms with Gasteiger partial charge in [-0.15, -0.1) is 0 Å². The van der Waals surface area contributed by atoms with Gasteiger partial charge in [0.15, 0.2) is 6.29 Å². The highest BCUT2D eigenvalue weighted by atomic mass is 16.5. The molecule has 6 heteroatoms. The quantitative estimate of drug-likeness (QED) is 0.856. The van der Waals surface area contributed by atoms with Crippen LogP contribution in [0.5, 0.6) is 11.5 Å². The summed E-state index contributed by atoms with van der Waals surface area (Å²) in [5.41, 5.74) is 0.847. The van der Waals surface area contributed by atoms with Crippen LogP contribution in [0.15, 0.2) is 42.7 Å². The zero-order valence-corrected chi connectivity index (χ0v) is 12.4. The number of amides is 1. The molecule has 1 aliphatic rings. The van der Waals surface area contributed by atoms with Gasteiger partial charge >= 0.3 is 0 Å². The molecular formula is C17H16N2O4. The van der Waals surface area contributed by atoms with Crippen LogP contribution in [0.25, 0.3) is 0 Å². The summed E-state index contributed by atoms with van der Waals surface area (Å²) in [4.78, 5) is 28.9. The second kappa shape index (κ2) is 6.48. The molecule has 0 unspecified atom stereocenters. The standard InChI is InChI=1S/C17H16N2O4/c20-10-14-15(21)4-1-5-16(14)23-11-13-6-7-17(22)19(13)12-3-2-8-18-9-12/h1-5,8-10,13,21H,6-7,11H2/t13-/m0/s1. The number of carbonyl (C=O) groups is 2. The van der Waals surface area contributed by atoms with E-state index in [1.165, 1.54) is 6.07 Å². The molecule has 1 N–H and O–H groups in total. The first-order valence-corrected chi connectivity index (χ1v) is 7.32. The van der Waals surface area contributed by atoms with Gasteiger partial charge in [-0.25, -0.2) is 0 Å². The van der Waals surface area contributed by atoms with E-state index in [9.17, 15) is 14.7 Å². The molecule has 1 aromatic heterocycles. The zero-order valence-electron chi connectivity index (χ0n) is 12.4. The van der Waals surface area contributed by atoms with Crippen molar-refractivity contribution in [2.45, 2.75) is 18.9 Å². The molecule has 1 fully saturated rings. The van der Waals surface area contributed by atoms with E-state index in [-0.39, 0.29) is 29.9 Å². The minimum atomic E-state index is -0.131. The molecule has 1 aliphatic heterocycles.